The first-order chi connectivity index (χ1) is 9.96. The van der Waals surface area contributed by atoms with E-state index in [0.717, 1.165) is 25.0 Å². The third kappa shape index (κ3) is 8.18. The van der Waals surface area contributed by atoms with Crippen LogP contribution in [0, 0.1) is 5.92 Å². The van der Waals surface area contributed by atoms with Crippen LogP contribution in [0.5, 0.6) is 0 Å². The van der Waals surface area contributed by atoms with Crippen molar-refractivity contribution < 1.29 is 4.79 Å². The molecule has 3 heteroatoms. The smallest absolute Gasteiger partial charge is 0.181 e. The molecule has 3 nitrogen and oxygen atoms in total. The first kappa shape index (κ1) is 19.2. The molecule has 0 bridgehead atoms. The van der Waals surface area contributed by atoms with Crippen LogP contribution >= 0.6 is 0 Å². The fourth-order valence-electron chi connectivity index (χ4n) is 1.76. The Bertz CT molecular complexity index is 466. The number of nitrogens with zero attached hydrogens (tertiary/aromatic N) is 2. The molecule has 0 atom stereocenters. The van der Waals surface area contributed by atoms with Gasteiger partial charge in [0.25, 0.3) is 0 Å². The maximum Gasteiger partial charge on any atom is 0.181 e. The van der Waals surface area contributed by atoms with E-state index in [0.29, 0.717) is 5.71 Å². The van der Waals surface area contributed by atoms with Gasteiger partial charge in [-0.2, -0.15) is 10.2 Å². The summed E-state index contributed by atoms with van der Waals surface area (Å²) in [5.41, 5.74) is 2.64. The van der Waals surface area contributed by atoms with E-state index >= 15 is 0 Å². The van der Waals surface area contributed by atoms with Crippen molar-refractivity contribution >= 4 is 17.2 Å². The predicted molar refractivity (Wildman–Crippen MR) is 93.0 cm³/mol. The molecule has 0 radical (unpaired) electrons. The minimum Gasteiger partial charge on any atom is -0.292 e. The highest BCUT2D eigenvalue weighted by molar-refractivity contribution is 6.39. The highest BCUT2D eigenvalue weighted by Gasteiger charge is 2.10. The van der Waals surface area contributed by atoms with Crippen LogP contribution in [0.25, 0.3) is 0 Å². The van der Waals surface area contributed by atoms with Crippen LogP contribution < -0.4 is 0 Å². The molecule has 116 valence electrons. The Balaban J connectivity index is 5.08. The second-order valence-electron chi connectivity index (χ2n) is 5.26. The number of hydrogen-bond acceptors (Lipinski definition) is 3. The summed E-state index contributed by atoms with van der Waals surface area (Å²) < 4.78 is 0. The Morgan fingerprint density at radius 3 is 2.43 bits per heavy atom. The second-order valence-corrected chi connectivity index (χ2v) is 5.26. The molecule has 0 unspecified atom stereocenters. The molecule has 0 saturated heterocycles. The van der Waals surface area contributed by atoms with Crippen LogP contribution in [-0.2, 0) is 4.79 Å². The van der Waals surface area contributed by atoms with Gasteiger partial charge in [0.15, 0.2) is 5.78 Å². The fraction of sp³-hybridized carbons (Fsp3) is 0.500. The van der Waals surface area contributed by atoms with E-state index in [2.05, 4.69) is 29.8 Å². The van der Waals surface area contributed by atoms with Gasteiger partial charge in [0.2, 0.25) is 0 Å². The van der Waals surface area contributed by atoms with Crippen molar-refractivity contribution in [2.75, 3.05) is 0 Å². The van der Waals surface area contributed by atoms with Crippen LogP contribution in [0.3, 0.4) is 0 Å². The highest BCUT2D eigenvalue weighted by atomic mass is 16.1. The molecule has 0 heterocycles. The predicted octanol–water partition coefficient (Wildman–Crippen LogP) is 4.91. The van der Waals surface area contributed by atoms with Gasteiger partial charge in [-0.05, 0) is 25.8 Å². The van der Waals surface area contributed by atoms with E-state index in [1.54, 1.807) is 13.0 Å². The molecule has 0 aromatic rings. The number of allylic oxidation sites excluding steroid dienone is 5. The number of carbonyl (C=O) groups is 1. The summed E-state index contributed by atoms with van der Waals surface area (Å²) in [6.07, 6.45) is 10.4. The van der Waals surface area contributed by atoms with Gasteiger partial charge in [-0.1, -0.05) is 58.1 Å². The largest absolute Gasteiger partial charge is 0.292 e. The van der Waals surface area contributed by atoms with Crippen LogP contribution in [-0.4, -0.2) is 17.2 Å². The molecular weight excluding hydrogens is 260 g/mol. The first-order valence-corrected chi connectivity index (χ1v) is 7.54. The standard InChI is InChI=1S/C18H28N2O/c1-7-10-12-16(9-3)13-17(11-8-2)20-19-15(6)18(21)14(4)5/h7,9-10,12,14H,1,8,11,13H2,2-6H3/b12-10-,16-9+,19-15+,20-17+. The van der Waals surface area contributed by atoms with Gasteiger partial charge >= 0.3 is 0 Å². The fourth-order valence-corrected chi connectivity index (χ4v) is 1.76. The molecule has 0 aromatic carbocycles. The molecule has 0 aliphatic rings. The molecule has 21 heavy (non-hydrogen) atoms. The van der Waals surface area contributed by atoms with Gasteiger partial charge in [0.1, 0.15) is 5.71 Å². The van der Waals surface area contributed by atoms with E-state index in [9.17, 15) is 4.79 Å². The average molecular weight is 288 g/mol. The van der Waals surface area contributed by atoms with E-state index in [1.807, 2.05) is 32.9 Å². The third-order valence-corrected chi connectivity index (χ3v) is 2.99. The summed E-state index contributed by atoms with van der Waals surface area (Å²) in [7, 11) is 0. The topological polar surface area (TPSA) is 41.8 Å². The summed E-state index contributed by atoms with van der Waals surface area (Å²) in [5, 5.41) is 8.41. The molecule has 0 aliphatic carbocycles. The Kier molecular flexibility index (Phi) is 10.0. The molecule has 0 N–H and O–H groups in total. The molecule has 0 rings (SSSR count). The zero-order valence-electron chi connectivity index (χ0n) is 14.0. The zero-order valence-corrected chi connectivity index (χ0v) is 14.0. The molecule has 0 amide bonds. The van der Waals surface area contributed by atoms with E-state index in [-0.39, 0.29) is 11.7 Å². The highest BCUT2D eigenvalue weighted by Crippen LogP contribution is 2.10. The molecule has 0 spiro atoms. The van der Waals surface area contributed by atoms with E-state index < -0.39 is 0 Å². The van der Waals surface area contributed by atoms with Crippen molar-refractivity contribution in [3.63, 3.8) is 0 Å². The van der Waals surface area contributed by atoms with Gasteiger partial charge < -0.3 is 0 Å². The molecule has 0 aromatic heterocycles. The van der Waals surface area contributed by atoms with Gasteiger partial charge in [0, 0.05) is 18.1 Å². The lowest BCUT2D eigenvalue weighted by Gasteiger charge is -2.05. The van der Waals surface area contributed by atoms with E-state index in [1.165, 1.54) is 5.57 Å². The Morgan fingerprint density at radius 2 is 1.95 bits per heavy atom. The second kappa shape index (κ2) is 11.0. The SMILES string of the molecule is C=C/C=C\C(=C/C)C/C(CCC)=N/N=C(\C)C(=O)C(C)C. The number of ketones is 1. The lowest BCUT2D eigenvalue weighted by Crippen LogP contribution is -2.16. The third-order valence-electron chi connectivity index (χ3n) is 2.99. The number of rotatable bonds is 9. The molecule has 0 fully saturated rings. The minimum absolute atomic E-state index is 0.0415. The summed E-state index contributed by atoms with van der Waals surface area (Å²) in [6.45, 7) is 13.3. The summed E-state index contributed by atoms with van der Waals surface area (Å²) >= 11 is 0. The van der Waals surface area contributed by atoms with E-state index in [4.69, 9.17) is 0 Å². The Labute approximate surface area is 129 Å². The quantitative estimate of drug-likeness (QED) is 0.338. The monoisotopic (exact) mass is 288 g/mol. The summed E-state index contributed by atoms with van der Waals surface area (Å²) in [4.78, 5) is 11.8. The van der Waals surface area contributed by atoms with Gasteiger partial charge in [-0.15, -0.1) is 0 Å². The molecular formula is C18H28N2O. The van der Waals surface area contributed by atoms with Crippen LogP contribution in [0.1, 0.15) is 53.9 Å². The number of hydrogen-bond donors (Lipinski definition) is 0. The van der Waals surface area contributed by atoms with Crippen LogP contribution in [0.2, 0.25) is 0 Å². The van der Waals surface area contributed by atoms with Crippen LogP contribution in [0.4, 0.5) is 0 Å². The maximum atomic E-state index is 11.8. The zero-order chi connectivity index (χ0) is 16.3. The molecule has 0 aliphatic heterocycles. The summed E-state index contributed by atoms with van der Waals surface area (Å²) in [6, 6.07) is 0. The first-order valence-electron chi connectivity index (χ1n) is 7.54. The number of carbonyl (C=O) groups excluding carboxylic acids is 1. The molecule has 0 saturated carbocycles. The summed E-state index contributed by atoms with van der Waals surface area (Å²) in [5.74, 6) is 0.00704. The Morgan fingerprint density at radius 1 is 1.29 bits per heavy atom. The number of Topliss-reactive ketones (excluding diaryl/α,β-unsaturated/α-hetero) is 1. The normalized spacial score (nSPS) is 14.1. The Hall–Kier alpha value is -1.77. The van der Waals surface area contributed by atoms with Gasteiger partial charge in [-0.3, -0.25) is 4.79 Å². The van der Waals surface area contributed by atoms with Gasteiger partial charge in [-0.25, -0.2) is 0 Å². The lowest BCUT2D eigenvalue weighted by molar-refractivity contribution is -0.115. The van der Waals surface area contributed by atoms with Gasteiger partial charge in [0.05, 0.1) is 0 Å². The van der Waals surface area contributed by atoms with Crippen molar-refractivity contribution in [1.29, 1.82) is 0 Å². The van der Waals surface area contributed by atoms with Crippen molar-refractivity contribution in [2.45, 2.75) is 53.9 Å². The van der Waals surface area contributed by atoms with Crippen LogP contribution in [0.15, 0.2) is 46.7 Å². The van der Waals surface area contributed by atoms with Crippen molar-refractivity contribution in [1.82, 2.24) is 0 Å². The van der Waals surface area contributed by atoms with Crippen molar-refractivity contribution in [3.8, 4) is 0 Å². The average Bonchev–Trinajstić information content (AvgIpc) is 2.47. The van der Waals surface area contributed by atoms with Crippen molar-refractivity contribution in [3.05, 3.63) is 36.5 Å². The maximum absolute atomic E-state index is 11.8. The lowest BCUT2D eigenvalue weighted by atomic mass is 10.0. The minimum atomic E-state index is -0.0415. The van der Waals surface area contributed by atoms with Crippen molar-refractivity contribution in [2.24, 2.45) is 16.1 Å².